The van der Waals surface area contributed by atoms with Crippen molar-refractivity contribution < 1.29 is 4.74 Å². The van der Waals surface area contributed by atoms with Crippen LogP contribution in [0.15, 0.2) is 29.1 Å². The topological polar surface area (TPSA) is 57.9 Å². The van der Waals surface area contributed by atoms with Crippen LogP contribution in [0.5, 0.6) is 5.75 Å². The molecule has 0 bridgehead atoms. The zero-order valence-electron chi connectivity index (χ0n) is 9.33. The Balaban J connectivity index is 2.56. The molecule has 4 heteroatoms. The predicted molar refractivity (Wildman–Crippen MR) is 62.8 cm³/mol. The second-order valence-electron chi connectivity index (χ2n) is 3.56. The lowest BCUT2D eigenvalue weighted by atomic mass is 10.1. The minimum Gasteiger partial charge on any atom is -0.496 e. The minimum atomic E-state index is -0.140. The predicted octanol–water partition coefficient (Wildman–Crippen LogP) is 1.94. The van der Waals surface area contributed by atoms with Gasteiger partial charge in [0, 0.05) is 11.6 Å². The number of aryl methyl sites for hydroxylation is 1. The Morgan fingerprint density at radius 2 is 2.06 bits per heavy atom. The van der Waals surface area contributed by atoms with E-state index in [1.165, 1.54) is 11.6 Å². The molecule has 0 aliphatic rings. The van der Waals surface area contributed by atoms with Crippen molar-refractivity contribution in [2.45, 2.75) is 13.3 Å². The Morgan fingerprint density at radius 3 is 2.62 bits per heavy atom. The first-order chi connectivity index (χ1) is 7.74. The SMILES string of the molecule is CCc1ccc(OC)c(-c2cc(=O)[nH][nH]2)c1. The van der Waals surface area contributed by atoms with Gasteiger partial charge < -0.3 is 4.74 Å². The first-order valence-electron chi connectivity index (χ1n) is 5.19. The van der Waals surface area contributed by atoms with Gasteiger partial charge in [-0.05, 0) is 24.1 Å². The average molecular weight is 218 g/mol. The van der Waals surface area contributed by atoms with E-state index in [0.717, 1.165) is 23.4 Å². The Bertz CT molecular complexity index is 540. The molecular weight excluding hydrogens is 204 g/mol. The molecule has 4 nitrogen and oxygen atoms in total. The van der Waals surface area contributed by atoms with E-state index in [0.29, 0.717) is 0 Å². The number of ether oxygens (including phenoxy) is 1. The number of hydrogen-bond donors (Lipinski definition) is 2. The fourth-order valence-electron chi connectivity index (χ4n) is 1.66. The molecular formula is C12H14N2O2. The van der Waals surface area contributed by atoms with Crippen molar-refractivity contribution in [3.05, 3.63) is 40.2 Å². The van der Waals surface area contributed by atoms with Gasteiger partial charge in [0.15, 0.2) is 0 Å². The summed E-state index contributed by atoms with van der Waals surface area (Å²) in [6.07, 6.45) is 0.950. The summed E-state index contributed by atoms with van der Waals surface area (Å²) in [4.78, 5) is 11.1. The maximum absolute atomic E-state index is 11.1. The highest BCUT2D eigenvalue weighted by Crippen LogP contribution is 2.28. The largest absolute Gasteiger partial charge is 0.496 e. The van der Waals surface area contributed by atoms with Gasteiger partial charge >= 0.3 is 0 Å². The van der Waals surface area contributed by atoms with E-state index >= 15 is 0 Å². The number of nitrogens with one attached hydrogen (secondary N) is 2. The van der Waals surface area contributed by atoms with Crippen molar-refractivity contribution in [2.75, 3.05) is 7.11 Å². The summed E-state index contributed by atoms with van der Waals surface area (Å²) in [5.74, 6) is 0.757. The Labute approximate surface area is 93.3 Å². The molecule has 1 aromatic carbocycles. The maximum Gasteiger partial charge on any atom is 0.264 e. The molecule has 2 aromatic rings. The number of aromatic nitrogens is 2. The molecule has 0 saturated carbocycles. The Kier molecular flexibility index (Phi) is 2.81. The van der Waals surface area contributed by atoms with E-state index in [1.807, 2.05) is 18.2 Å². The lowest BCUT2D eigenvalue weighted by Gasteiger charge is -2.08. The third-order valence-corrected chi connectivity index (χ3v) is 2.56. The van der Waals surface area contributed by atoms with Gasteiger partial charge in [-0.1, -0.05) is 13.0 Å². The molecule has 0 aliphatic heterocycles. The lowest BCUT2D eigenvalue weighted by Crippen LogP contribution is -1.93. The number of benzene rings is 1. The number of hydrogen-bond acceptors (Lipinski definition) is 2. The second-order valence-corrected chi connectivity index (χ2v) is 3.56. The van der Waals surface area contributed by atoms with Crippen LogP contribution in [0.25, 0.3) is 11.3 Å². The molecule has 0 radical (unpaired) electrons. The molecule has 2 N–H and O–H groups in total. The normalized spacial score (nSPS) is 10.4. The van der Waals surface area contributed by atoms with Gasteiger partial charge in [0.2, 0.25) is 0 Å². The van der Waals surface area contributed by atoms with Gasteiger partial charge in [-0.15, -0.1) is 0 Å². The van der Waals surface area contributed by atoms with E-state index in [1.54, 1.807) is 7.11 Å². The average Bonchev–Trinajstić information content (AvgIpc) is 2.75. The van der Waals surface area contributed by atoms with Gasteiger partial charge in [-0.2, -0.15) is 0 Å². The van der Waals surface area contributed by atoms with Crippen LogP contribution in [0.4, 0.5) is 0 Å². The first kappa shape index (κ1) is 10.5. The van der Waals surface area contributed by atoms with Crippen LogP contribution in [-0.2, 0) is 6.42 Å². The maximum atomic E-state index is 11.1. The summed E-state index contributed by atoms with van der Waals surface area (Å²) >= 11 is 0. The number of H-pyrrole nitrogens is 2. The minimum absolute atomic E-state index is 0.140. The van der Waals surface area contributed by atoms with Gasteiger partial charge in [0.25, 0.3) is 5.56 Å². The summed E-state index contributed by atoms with van der Waals surface area (Å²) in [5, 5.41) is 5.35. The van der Waals surface area contributed by atoms with Crippen LogP contribution in [0.3, 0.4) is 0 Å². The summed E-state index contributed by atoms with van der Waals surface area (Å²) in [5.41, 5.74) is 2.72. The lowest BCUT2D eigenvalue weighted by molar-refractivity contribution is 0.416. The van der Waals surface area contributed by atoms with Gasteiger partial charge in [0.1, 0.15) is 5.75 Å². The summed E-state index contributed by atoms with van der Waals surface area (Å²) in [6.45, 7) is 2.09. The molecule has 0 unspecified atom stereocenters. The quantitative estimate of drug-likeness (QED) is 0.827. The Hall–Kier alpha value is -1.97. The van der Waals surface area contributed by atoms with Crippen molar-refractivity contribution in [2.24, 2.45) is 0 Å². The highest BCUT2D eigenvalue weighted by Gasteiger charge is 2.08. The van der Waals surface area contributed by atoms with Gasteiger partial charge in [-0.25, -0.2) is 0 Å². The number of aromatic amines is 2. The van der Waals surface area contributed by atoms with E-state index in [2.05, 4.69) is 17.1 Å². The third kappa shape index (κ3) is 1.86. The summed E-state index contributed by atoms with van der Waals surface area (Å²) in [6, 6.07) is 7.49. The standard InChI is InChI=1S/C12H14N2O2/c1-3-8-4-5-11(16-2)9(6-8)10-7-12(15)14-13-10/h4-7H,3H2,1-2H3,(H2,13,14,15). The molecule has 84 valence electrons. The van der Waals surface area contributed by atoms with Crippen LogP contribution < -0.4 is 10.3 Å². The second kappa shape index (κ2) is 4.26. The van der Waals surface area contributed by atoms with Crippen LogP contribution in [-0.4, -0.2) is 17.3 Å². The number of methoxy groups -OCH3 is 1. The first-order valence-corrected chi connectivity index (χ1v) is 5.19. The molecule has 0 aliphatic carbocycles. The Morgan fingerprint density at radius 1 is 1.25 bits per heavy atom. The third-order valence-electron chi connectivity index (χ3n) is 2.56. The van der Waals surface area contributed by atoms with Gasteiger partial charge in [0.05, 0.1) is 12.8 Å². The van der Waals surface area contributed by atoms with E-state index < -0.39 is 0 Å². The van der Waals surface area contributed by atoms with Crippen LogP contribution >= 0.6 is 0 Å². The fraction of sp³-hybridized carbons (Fsp3) is 0.250. The zero-order chi connectivity index (χ0) is 11.5. The zero-order valence-corrected chi connectivity index (χ0v) is 9.33. The molecule has 0 atom stereocenters. The summed E-state index contributed by atoms with van der Waals surface area (Å²) < 4.78 is 5.27. The monoisotopic (exact) mass is 218 g/mol. The molecule has 0 amide bonds. The molecule has 2 rings (SSSR count). The molecule has 1 heterocycles. The van der Waals surface area contributed by atoms with Crippen molar-refractivity contribution in [3.63, 3.8) is 0 Å². The van der Waals surface area contributed by atoms with Crippen LogP contribution in [0, 0.1) is 0 Å². The van der Waals surface area contributed by atoms with E-state index in [4.69, 9.17) is 4.74 Å². The van der Waals surface area contributed by atoms with Crippen molar-refractivity contribution in [1.82, 2.24) is 10.2 Å². The summed E-state index contributed by atoms with van der Waals surface area (Å²) in [7, 11) is 1.62. The van der Waals surface area contributed by atoms with Crippen molar-refractivity contribution in [1.29, 1.82) is 0 Å². The van der Waals surface area contributed by atoms with Crippen LogP contribution in [0.2, 0.25) is 0 Å². The van der Waals surface area contributed by atoms with Gasteiger partial charge in [-0.3, -0.25) is 15.0 Å². The molecule has 16 heavy (non-hydrogen) atoms. The molecule has 0 fully saturated rings. The van der Waals surface area contributed by atoms with Crippen molar-refractivity contribution in [3.8, 4) is 17.0 Å². The van der Waals surface area contributed by atoms with E-state index in [-0.39, 0.29) is 5.56 Å². The van der Waals surface area contributed by atoms with E-state index in [9.17, 15) is 4.79 Å². The highest BCUT2D eigenvalue weighted by atomic mass is 16.5. The molecule has 1 aromatic heterocycles. The number of rotatable bonds is 3. The van der Waals surface area contributed by atoms with Crippen LogP contribution in [0.1, 0.15) is 12.5 Å². The smallest absolute Gasteiger partial charge is 0.264 e. The molecule has 0 saturated heterocycles. The highest BCUT2D eigenvalue weighted by molar-refractivity contribution is 5.67. The fourth-order valence-corrected chi connectivity index (χ4v) is 1.66. The molecule has 0 spiro atoms. The van der Waals surface area contributed by atoms with Crippen molar-refractivity contribution >= 4 is 0 Å².